The molecule has 1 rings (SSSR count). The first-order valence-electron chi connectivity index (χ1n) is 4.57. The van der Waals surface area contributed by atoms with Gasteiger partial charge in [-0.15, -0.1) is 0 Å². The lowest BCUT2D eigenvalue weighted by molar-refractivity contribution is -0.151. The van der Waals surface area contributed by atoms with Crippen molar-refractivity contribution in [1.29, 1.82) is 0 Å². The molecule has 0 fully saturated rings. The van der Waals surface area contributed by atoms with Crippen LogP contribution >= 0.6 is 0 Å². The van der Waals surface area contributed by atoms with Crippen LogP contribution in [0.1, 0.15) is 17.9 Å². The number of nitrogens with two attached hydrogens (primary N) is 1. The van der Waals surface area contributed by atoms with Crippen molar-refractivity contribution in [2.24, 2.45) is 5.73 Å². The van der Waals surface area contributed by atoms with Gasteiger partial charge in [0.15, 0.2) is 0 Å². The molecule has 16 heavy (non-hydrogen) atoms. The van der Waals surface area contributed by atoms with Gasteiger partial charge < -0.3 is 5.73 Å². The normalized spacial score (nSPS) is 13.9. The molecule has 1 nitrogen and oxygen atoms in total. The van der Waals surface area contributed by atoms with Crippen molar-refractivity contribution in [3.8, 4) is 0 Å². The Morgan fingerprint density at radius 2 is 1.56 bits per heavy atom. The summed E-state index contributed by atoms with van der Waals surface area (Å²) in [5.74, 6) is -3.98. The maximum atomic E-state index is 12.8. The summed E-state index contributed by atoms with van der Waals surface area (Å²) in [5.41, 5.74) is 4.62. The fourth-order valence-electron chi connectivity index (χ4n) is 1.46. The highest BCUT2D eigenvalue weighted by molar-refractivity contribution is 5.23. The number of rotatable bonds is 3. The highest BCUT2D eigenvalue weighted by Gasteiger charge is 2.40. The molecule has 0 aliphatic heterocycles. The van der Waals surface area contributed by atoms with Crippen molar-refractivity contribution in [2.75, 3.05) is 6.54 Å². The van der Waals surface area contributed by atoms with Crippen LogP contribution in [0.3, 0.4) is 0 Å². The number of alkyl halides is 3. The minimum atomic E-state index is -4.56. The summed E-state index contributed by atoms with van der Waals surface area (Å²) in [6.45, 7) is -0.206. The Labute approximate surface area is 89.1 Å². The molecule has 1 unspecified atom stereocenters. The molecule has 0 amide bonds. The molecule has 2 N–H and O–H groups in total. The molecule has 6 heteroatoms. The first kappa shape index (κ1) is 12.9. The average Bonchev–Trinajstić information content (AvgIpc) is 2.10. The van der Waals surface area contributed by atoms with Crippen LogP contribution < -0.4 is 5.73 Å². The van der Waals surface area contributed by atoms with E-state index in [2.05, 4.69) is 0 Å². The molecule has 90 valence electrons. The smallest absolute Gasteiger partial charge is 0.330 e. The predicted octanol–water partition coefficient (Wildman–Crippen LogP) is 2.96. The highest BCUT2D eigenvalue weighted by atomic mass is 19.4. The van der Waals surface area contributed by atoms with Gasteiger partial charge in [-0.05, 0) is 30.7 Å². The third-order valence-corrected chi connectivity index (χ3v) is 2.14. The maximum absolute atomic E-state index is 12.8. The standard InChI is InChI=1S/C10H10F5N/c11-7-3-6(4-8(12)5-7)9(1-2-16)10(13,14)15/h3-5,9H,1-2,16H2. The van der Waals surface area contributed by atoms with Gasteiger partial charge >= 0.3 is 6.18 Å². The highest BCUT2D eigenvalue weighted by Crippen LogP contribution is 2.37. The van der Waals surface area contributed by atoms with E-state index in [0.717, 1.165) is 0 Å². The number of benzene rings is 1. The largest absolute Gasteiger partial charge is 0.395 e. The quantitative estimate of drug-likeness (QED) is 0.806. The predicted molar refractivity (Wildman–Crippen MR) is 48.8 cm³/mol. The van der Waals surface area contributed by atoms with Crippen LogP contribution in [0.25, 0.3) is 0 Å². The van der Waals surface area contributed by atoms with Gasteiger partial charge in [0.05, 0.1) is 5.92 Å². The zero-order valence-electron chi connectivity index (χ0n) is 8.19. The van der Waals surface area contributed by atoms with Gasteiger partial charge in [0.2, 0.25) is 0 Å². The molecule has 0 saturated heterocycles. The Morgan fingerprint density at radius 1 is 1.06 bits per heavy atom. The molecule has 0 aliphatic carbocycles. The van der Waals surface area contributed by atoms with Crippen molar-refractivity contribution in [3.63, 3.8) is 0 Å². The summed E-state index contributed by atoms with van der Waals surface area (Å²) in [4.78, 5) is 0. The molecule has 0 heterocycles. The molecule has 0 saturated carbocycles. The van der Waals surface area contributed by atoms with Gasteiger partial charge in [-0.3, -0.25) is 0 Å². The third kappa shape index (κ3) is 3.16. The molecule has 0 aromatic heterocycles. The van der Waals surface area contributed by atoms with Crippen molar-refractivity contribution in [3.05, 3.63) is 35.4 Å². The Balaban J connectivity index is 3.10. The van der Waals surface area contributed by atoms with E-state index in [9.17, 15) is 22.0 Å². The zero-order chi connectivity index (χ0) is 12.3. The van der Waals surface area contributed by atoms with E-state index in [1.54, 1.807) is 0 Å². The SMILES string of the molecule is NCCC(c1cc(F)cc(F)c1)C(F)(F)F. The second kappa shape index (κ2) is 4.78. The van der Waals surface area contributed by atoms with Crippen molar-refractivity contribution in [1.82, 2.24) is 0 Å². The number of hydrogen-bond acceptors (Lipinski definition) is 1. The van der Waals surface area contributed by atoms with Gasteiger partial charge in [0, 0.05) is 6.07 Å². The van der Waals surface area contributed by atoms with E-state index >= 15 is 0 Å². The molecule has 1 aromatic rings. The lowest BCUT2D eigenvalue weighted by Gasteiger charge is -2.20. The Hall–Kier alpha value is -1.17. The Morgan fingerprint density at radius 3 is 1.94 bits per heavy atom. The van der Waals surface area contributed by atoms with Crippen LogP contribution in [0.4, 0.5) is 22.0 Å². The summed E-state index contributed by atoms with van der Waals surface area (Å²) in [5, 5.41) is 0. The Kier molecular flexibility index (Phi) is 3.85. The monoisotopic (exact) mass is 239 g/mol. The molecule has 1 atom stereocenters. The summed E-state index contributed by atoms with van der Waals surface area (Å²) < 4.78 is 63.2. The lowest BCUT2D eigenvalue weighted by atomic mass is 9.95. The molecular weight excluding hydrogens is 229 g/mol. The van der Waals surface area contributed by atoms with Crippen molar-refractivity contribution >= 4 is 0 Å². The van der Waals surface area contributed by atoms with Gasteiger partial charge in [0.1, 0.15) is 11.6 Å². The van der Waals surface area contributed by atoms with E-state index < -0.39 is 35.7 Å². The molecule has 0 aliphatic rings. The number of halogens is 5. The van der Waals surface area contributed by atoms with Gasteiger partial charge in [-0.25, -0.2) is 8.78 Å². The topological polar surface area (TPSA) is 26.0 Å². The van der Waals surface area contributed by atoms with Crippen molar-refractivity contribution in [2.45, 2.75) is 18.5 Å². The van der Waals surface area contributed by atoms with E-state index in [4.69, 9.17) is 5.73 Å². The van der Waals surface area contributed by atoms with Gasteiger partial charge in [-0.2, -0.15) is 13.2 Å². The second-order valence-electron chi connectivity index (χ2n) is 3.37. The van der Waals surface area contributed by atoms with Gasteiger partial charge in [-0.1, -0.05) is 0 Å². The molecule has 0 bridgehead atoms. The second-order valence-corrected chi connectivity index (χ2v) is 3.37. The van der Waals surface area contributed by atoms with Crippen LogP contribution in [0.15, 0.2) is 18.2 Å². The molecular formula is C10H10F5N. The maximum Gasteiger partial charge on any atom is 0.395 e. The van der Waals surface area contributed by atoms with Crippen LogP contribution in [0.5, 0.6) is 0 Å². The van der Waals surface area contributed by atoms with E-state index in [-0.39, 0.29) is 6.54 Å². The molecule has 1 aromatic carbocycles. The number of hydrogen-bond donors (Lipinski definition) is 1. The van der Waals surface area contributed by atoms with Gasteiger partial charge in [0.25, 0.3) is 0 Å². The van der Waals surface area contributed by atoms with Crippen molar-refractivity contribution < 1.29 is 22.0 Å². The van der Waals surface area contributed by atoms with E-state index in [0.29, 0.717) is 18.2 Å². The lowest BCUT2D eigenvalue weighted by Crippen LogP contribution is -2.23. The molecule has 0 radical (unpaired) electrons. The van der Waals surface area contributed by atoms with Crippen LogP contribution in [-0.4, -0.2) is 12.7 Å². The fourth-order valence-corrected chi connectivity index (χ4v) is 1.46. The average molecular weight is 239 g/mol. The Bertz CT molecular complexity index is 340. The van der Waals surface area contributed by atoms with E-state index in [1.807, 2.05) is 0 Å². The van der Waals surface area contributed by atoms with Crippen LogP contribution in [0.2, 0.25) is 0 Å². The molecule has 0 spiro atoms. The first-order chi connectivity index (χ1) is 7.34. The summed E-state index contributed by atoms with van der Waals surface area (Å²) in [6.07, 6.45) is -4.95. The minimum absolute atomic E-state index is 0.206. The fraction of sp³-hybridized carbons (Fsp3) is 0.400. The summed E-state index contributed by atoms with van der Waals surface area (Å²) >= 11 is 0. The van der Waals surface area contributed by atoms with Crippen LogP contribution in [0, 0.1) is 11.6 Å². The first-order valence-corrected chi connectivity index (χ1v) is 4.57. The van der Waals surface area contributed by atoms with Crippen LogP contribution in [-0.2, 0) is 0 Å². The summed E-state index contributed by atoms with van der Waals surface area (Å²) in [7, 11) is 0. The summed E-state index contributed by atoms with van der Waals surface area (Å²) in [6, 6.07) is 1.88. The minimum Gasteiger partial charge on any atom is -0.330 e. The van der Waals surface area contributed by atoms with E-state index in [1.165, 1.54) is 0 Å². The third-order valence-electron chi connectivity index (χ3n) is 2.14. The zero-order valence-corrected chi connectivity index (χ0v) is 8.19.